The SMILES string of the molecule is CCS(=O)(=O)CCNC(=O)[C@H]1Cc2ccccc2CN1. The highest BCUT2D eigenvalue weighted by Gasteiger charge is 2.23. The van der Waals surface area contributed by atoms with E-state index in [2.05, 4.69) is 10.6 Å². The summed E-state index contributed by atoms with van der Waals surface area (Å²) < 4.78 is 22.7. The molecule has 1 amide bonds. The molecule has 2 N–H and O–H groups in total. The van der Waals surface area contributed by atoms with Crippen LogP contribution in [0.25, 0.3) is 0 Å². The van der Waals surface area contributed by atoms with Crippen molar-refractivity contribution in [2.45, 2.75) is 25.9 Å². The largest absolute Gasteiger partial charge is 0.354 e. The Morgan fingerprint density at radius 3 is 2.75 bits per heavy atom. The first kappa shape index (κ1) is 15.0. The number of fused-ring (bicyclic) bond motifs is 1. The maximum Gasteiger partial charge on any atom is 0.237 e. The van der Waals surface area contributed by atoms with E-state index < -0.39 is 9.84 Å². The van der Waals surface area contributed by atoms with Gasteiger partial charge in [-0.1, -0.05) is 31.2 Å². The quantitative estimate of drug-likeness (QED) is 0.817. The highest BCUT2D eigenvalue weighted by molar-refractivity contribution is 7.91. The molecule has 1 aromatic rings. The Bertz CT molecular complexity index is 584. The lowest BCUT2D eigenvalue weighted by molar-refractivity contribution is -0.123. The van der Waals surface area contributed by atoms with Gasteiger partial charge in [-0.3, -0.25) is 4.79 Å². The summed E-state index contributed by atoms with van der Waals surface area (Å²) in [5.41, 5.74) is 2.39. The minimum Gasteiger partial charge on any atom is -0.354 e. The van der Waals surface area contributed by atoms with Crippen molar-refractivity contribution in [1.29, 1.82) is 0 Å². The molecule has 0 saturated carbocycles. The molecule has 1 aliphatic heterocycles. The number of rotatable bonds is 5. The number of sulfone groups is 1. The third-order valence-electron chi connectivity index (χ3n) is 3.55. The number of amides is 1. The van der Waals surface area contributed by atoms with Gasteiger partial charge in [0.1, 0.15) is 0 Å². The fraction of sp³-hybridized carbons (Fsp3) is 0.500. The molecule has 0 saturated heterocycles. The van der Waals surface area contributed by atoms with Crippen LogP contribution in [0, 0.1) is 0 Å². The van der Waals surface area contributed by atoms with E-state index in [1.54, 1.807) is 6.92 Å². The third-order valence-corrected chi connectivity index (χ3v) is 5.26. The highest BCUT2D eigenvalue weighted by atomic mass is 32.2. The maximum absolute atomic E-state index is 12.0. The first-order chi connectivity index (χ1) is 9.52. The molecule has 110 valence electrons. The second-order valence-electron chi connectivity index (χ2n) is 4.93. The van der Waals surface area contributed by atoms with Crippen LogP contribution < -0.4 is 10.6 Å². The van der Waals surface area contributed by atoms with Gasteiger partial charge >= 0.3 is 0 Å². The first-order valence-corrected chi connectivity index (χ1v) is 8.62. The van der Waals surface area contributed by atoms with Crippen molar-refractivity contribution in [2.24, 2.45) is 0 Å². The summed E-state index contributed by atoms with van der Waals surface area (Å²) in [6.45, 7) is 2.45. The van der Waals surface area contributed by atoms with Gasteiger partial charge < -0.3 is 10.6 Å². The van der Waals surface area contributed by atoms with Gasteiger partial charge in [0.25, 0.3) is 0 Å². The smallest absolute Gasteiger partial charge is 0.237 e. The van der Waals surface area contributed by atoms with Crippen LogP contribution in [0.15, 0.2) is 24.3 Å². The van der Waals surface area contributed by atoms with Crippen molar-refractivity contribution in [3.8, 4) is 0 Å². The summed E-state index contributed by atoms with van der Waals surface area (Å²) >= 11 is 0. The molecule has 0 aliphatic carbocycles. The summed E-state index contributed by atoms with van der Waals surface area (Å²) in [5.74, 6) is -0.0259. The molecule has 1 aromatic carbocycles. The van der Waals surface area contributed by atoms with E-state index in [1.807, 2.05) is 24.3 Å². The summed E-state index contributed by atoms with van der Waals surface area (Å²) in [6.07, 6.45) is 0.641. The molecule has 1 atom stereocenters. The van der Waals surface area contributed by atoms with E-state index in [4.69, 9.17) is 0 Å². The molecule has 5 nitrogen and oxygen atoms in total. The number of carbonyl (C=O) groups excluding carboxylic acids is 1. The monoisotopic (exact) mass is 296 g/mol. The van der Waals surface area contributed by atoms with Crippen LogP contribution in [0.4, 0.5) is 0 Å². The van der Waals surface area contributed by atoms with E-state index in [0.717, 1.165) is 0 Å². The maximum atomic E-state index is 12.0. The van der Waals surface area contributed by atoms with Crippen LogP contribution in [0.3, 0.4) is 0 Å². The van der Waals surface area contributed by atoms with Crippen molar-refractivity contribution in [3.05, 3.63) is 35.4 Å². The lowest BCUT2D eigenvalue weighted by Gasteiger charge is -2.25. The molecule has 6 heteroatoms. The zero-order chi connectivity index (χ0) is 14.6. The van der Waals surface area contributed by atoms with Crippen LogP contribution in [0.1, 0.15) is 18.1 Å². The van der Waals surface area contributed by atoms with Crippen LogP contribution in [-0.4, -0.2) is 38.4 Å². The summed E-state index contributed by atoms with van der Waals surface area (Å²) in [6, 6.07) is 7.74. The molecule has 0 bridgehead atoms. The van der Waals surface area contributed by atoms with E-state index >= 15 is 0 Å². The average Bonchev–Trinajstić information content (AvgIpc) is 2.46. The van der Waals surface area contributed by atoms with Gasteiger partial charge in [-0.2, -0.15) is 0 Å². The Kier molecular flexibility index (Phi) is 4.77. The molecule has 0 fully saturated rings. The predicted octanol–water partition coefficient (Wildman–Crippen LogP) is 0.252. The Hall–Kier alpha value is -1.40. The van der Waals surface area contributed by atoms with Gasteiger partial charge in [0.15, 0.2) is 9.84 Å². The Morgan fingerprint density at radius 2 is 2.05 bits per heavy atom. The number of benzene rings is 1. The minimum absolute atomic E-state index is 0.00144. The van der Waals surface area contributed by atoms with E-state index in [-0.39, 0.29) is 30.0 Å². The van der Waals surface area contributed by atoms with Gasteiger partial charge in [-0.15, -0.1) is 0 Å². The number of nitrogens with one attached hydrogen (secondary N) is 2. The number of hydrogen-bond acceptors (Lipinski definition) is 4. The number of hydrogen-bond donors (Lipinski definition) is 2. The molecule has 0 spiro atoms. The number of carbonyl (C=O) groups is 1. The molecule has 0 unspecified atom stereocenters. The van der Waals surface area contributed by atoms with Crippen LogP contribution in [0.5, 0.6) is 0 Å². The van der Waals surface area contributed by atoms with Gasteiger partial charge in [-0.05, 0) is 17.5 Å². The van der Waals surface area contributed by atoms with Crippen molar-refractivity contribution in [1.82, 2.24) is 10.6 Å². The van der Waals surface area contributed by atoms with Crippen LogP contribution in [-0.2, 0) is 27.6 Å². The molecular formula is C14H20N2O3S. The molecule has 1 aliphatic rings. The van der Waals surface area contributed by atoms with Gasteiger partial charge in [-0.25, -0.2) is 8.42 Å². The third kappa shape index (κ3) is 3.80. The molecule has 20 heavy (non-hydrogen) atoms. The van der Waals surface area contributed by atoms with Gasteiger partial charge in [0.2, 0.25) is 5.91 Å². The summed E-state index contributed by atoms with van der Waals surface area (Å²) in [5, 5.41) is 5.87. The molecule has 1 heterocycles. The minimum atomic E-state index is -3.03. The molecule has 0 radical (unpaired) electrons. The predicted molar refractivity (Wildman–Crippen MR) is 78.1 cm³/mol. The van der Waals surface area contributed by atoms with Gasteiger partial charge in [0, 0.05) is 18.8 Å². The fourth-order valence-corrected chi connectivity index (χ4v) is 2.94. The van der Waals surface area contributed by atoms with Crippen molar-refractivity contribution in [2.75, 3.05) is 18.1 Å². The Balaban J connectivity index is 1.86. The Labute approximate surface area is 119 Å². The standard InChI is InChI=1S/C14H20N2O3S/c1-2-20(18,19)8-7-15-14(17)13-9-11-5-3-4-6-12(11)10-16-13/h3-6,13,16H,2,7-10H2,1H3,(H,15,17)/t13-/m1/s1. The Morgan fingerprint density at radius 1 is 1.35 bits per heavy atom. The lowest BCUT2D eigenvalue weighted by atomic mass is 9.95. The summed E-state index contributed by atoms with van der Waals surface area (Å²) in [7, 11) is -3.03. The highest BCUT2D eigenvalue weighted by Crippen LogP contribution is 2.16. The van der Waals surface area contributed by atoms with Crippen molar-refractivity contribution in [3.63, 3.8) is 0 Å². The molecule has 0 aromatic heterocycles. The normalized spacial score (nSPS) is 18.4. The first-order valence-electron chi connectivity index (χ1n) is 6.80. The average molecular weight is 296 g/mol. The van der Waals surface area contributed by atoms with Crippen molar-refractivity contribution >= 4 is 15.7 Å². The van der Waals surface area contributed by atoms with E-state index in [0.29, 0.717) is 13.0 Å². The van der Waals surface area contributed by atoms with E-state index in [1.165, 1.54) is 11.1 Å². The topological polar surface area (TPSA) is 75.3 Å². The van der Waals surface area contributed by atoms with Crippen LogP contribution >= 0.6 is 0 Å². The van der Waals surface area contributed by atoms with Gasteiger partial charge in [0.05, 0.1) is 11.8 Å². The molecule has 2 rings (SSSR count). The van der Waals surface area contributed by atoms with E-state index in [9.17, 15) is 13.2 Å². The van der Waals surface area contributed by atoms with Crippen molar-refractivity contribution < 1.29 is 13.2 Å². The lowest BCUT2D eigenvalue weighted by Crippen LogP contribution is -2.48. The second kappa shape index (κ2) is 6.37. The second-order valence-corrected chi connectivity index (χ2v) is 7.41. The molecular weight excluding hydrogens is 276 g/mol. The zero-order valence-electron chi connectivity index (χ0n) is 11.6. The van der Waals surface area contributed by atoms with Crippen LogP contribution in [0.2, 0.25) is 0 Å². The zero-order valence-corrected chi connectivity index (χ0v) is 12.4. The fourth-order valence-electron chi connectivity index (χ4n) is 2.24. The summed E-state index contributed by atoms with van der Waals surface area (Å²) in [4.78, 5) is 12.0.